The summed E-state index contributed by atoms with van der Waals surface area (Å²) in [6.45, 7) is 3.95. The van der Waals surface area contributed by atoms with E-state index in [1.807, 2.05) is 0 Å². The Hall–Kier alpha value is -2.40. The van der Waals surface area contributed by atoms with Gasteiger partial charge in [-0.1, -0.05) is 145 Å². The van der Waals surface area contributed by atoms with Gasteiger partial charge in [0, 0.05) is 12.8 Å². The molecule has 5 nitrogen and oxygen atoms in total. The molecule has 1 unspecified atom stereocenters. The van der Waals surface area contributed by atoms with Crippen LogP contribution < -0.4 is 0 Å². The molecule has 0 aromatic carbocycles. The molecule has 0 amide bonds. The zero-order valence-corrected chi connectivity index (χ0v) is 27.7. The Morgan fingerprint density at radius 3 is 1.49 bits per heavy atom. The largest absolute Gasteiger partial charge is 0.462 e. The number of carbonyl (C=O) groups excluding carboxylic acids is 2. The summed E-state index contributed by atoms with van der Waals surface area (Å²) in [6.07, 6.45) is 42.8. The first-order valence-corrected chi connectivity index (χ1v) is 17.3. The van der Waals surface area contributed by atoms with E-state index in [0.29, 0.717) is 12.8 Å². The topological polar surface area (TPSA) is 72.8 Å². The van der Waals surface area contributed by atoms with Crippen LogP contribution in [-0.2, 0) is 19.1 Å². The van der Waals surface area contributed by atoms with E-state index < -0.39 is 6.10 Å². The second-order valence-electron chi connectivity index (χ2n) is 11.2. The van der Waals surface area contributed by atoms with E-state index in [2.05, 4.69) is 74.6 Å². The molecule has 5 heteroatoms. The second kappa shape index (κ2) is 34.1. The number of rotatable bonds is 30. The molecule has 0 bridgehead atoms. The fourth-order valence-electron chi connectivity index (χ4n) is 4.47. The molecule has 0 fully saturated rings. The first-order valence-electron chi connectivity index (χ1n) is 17.3. The Bertz CT molecular complexity index is 777. The molecule has 0 radical (unpaired) electrons. The van der Waals surface area contributed by atoms with Gasteiger partial charge >= 0.3 is 11.9 Å². The number of hydrogen-bond acceptors (Lipinski definition) is 5. The average Bonchev–Trinajstić information content (AvgIpc) is 3.01. The van der Waals surface area contributed by atoms with Gasteiger partial charge in [-0.3, -0.25) is 9.59 Å². The lowest BCUT2D eigenvalue weighted by Gasteiger charge is -2.15. The lowest BCUT2D eigenvalue weighted by atomic mass is 10.0. The molecule has 0 aliphatic rings. The number of aliphatic hydroxyl groups is 1. The molecule has 0 aromatic heterocycles. The number of carbonyl (C=O) groups is 2. The quantitative estimate of drug-likeness (QED) is 0.0504. The van der Waals surface area contributed by atoms with Gasteiger partial charge in [-0.25, -0.2) is 0 Å². The maximum absolute atomic E-state index is 12.1. The van der Waals surface area contributed by atoms with Crippen molar-refractivity contribution in [2.75, 3.05) is 13.2 Å². The molecule has 0 saturated carbocycles. The first kappa shape index (κ1) is 40.6. The van der Waals surface area contributed by atoms with Gasteiger partial charge in [0.2, 0.25) is 0 Å². The van der Waals surface area contributed by atoms with Gasteiger partial charge in [-0.15, -0.1) is 0 Å². The molecular formula is C38H64O5. The molecule has 43 heavy (non-hydrogen) atoms. The minimum absolute atomic E-state index is 0.0892. The highest BCUT2D eigenvalue weighted by molar-refractivity contribution is 5.70. The smallest absolute Gasteiger partial charge is 0.306 e. The van der Waals surface area contributed by atoms with Gasteiger partial charge < -0.3 is 14.6 Å². The number of hydrogen-bond donors (Lipinski definition) is 1. The number of esters is 2. The molecule has 1 N–H and O–H groups in total. The Morgan fingerprint density at radius 2 is 1.00 bits per heavy atom. The molecule has 1 atom stereocenters. The van der Waals surface area contributed by atoms with Crippen LogP contribution in [-0.4, -0.2) is 36.4 Å². The van der Waals surface area contributed by atoms with Crippen LogP contribution in [0.2, 0.25) is 0 Å². The first-order chi connectivity index (χ1) is 21.1. The third kappa shape index (κ3) is 32.4. The van der Waals surface area contributed by atoms with Gasteiger partial charge in [0.05, 0.1) is 6.61 Å². The number of unbranched alkanes of at least 4 members (excludes halogenated alkanes) is 12. The molecule has 0 saturated heterocycles. The van der Waals surface area contributed by atoms with E-state index in [0.717, 1.165) is 57.8 Å². The third-order valence-electron chi connectivity index (χ3n) is 7.08. The zero-order chi connectivity index (χ0) is 31.5. The Kier molecular flexibility index (Phi) is 32.2. The van der Waals surface area contributed by atoms with Crippen LogP contribution in [0.4, 0.5) is 0 Å². The predicted molar refractivity (Wildman–Crippen MR) is 182 cm³/mol. The SMILES string of the molecule is CCC=CCC=CCC=CCC=CCC=CCCCC(=O)OC(CO)COC(=O)CCCCCCCCCCCCCC. The van der Waals surface area contributed by atoms with Crippen LogP contribution in [0.5, 0.6) is 0 Å². The molecular weight excluding hydrogens is 536 g/mol. The fourth-order valence-corrected chi connectivity index (χ4v) is 4.47. The monoisotopic (exact) mass is 600 g/mol. The van der Waals surface area contributed by atoms with Crippen LogP contribution >= 0.6 is 0 Å². The minimum atomic E-state index is -0.799. The van der Waals surface area contributed by atoms with Crippen LogP contribution in [0.15, 0.2) is 60.8 Å². The fraction of sp³-hybridized carbons (Fsp3) is 0.684. The normalized spacial score (nSPS) is 12.9. The van der Waals surface area contributed by atoms with E-state index in [1.165, 1.54) is 57.8 Å². The summed E-state index contributed by atoms with van der Waals surface area (Å²) < 4.78 is 10.5. The Labute approximate surface area is 264 Å². The average molecular weight is 601 g/mol. The summed E-state index contributed by atoms with van der Waals surface area (Å²) in [5.41, 5.74) is 0. The van der Waals surface area contributed by atoms with Crippen molar-refractivity contribution in [3.63, 3.8) is 0 Å². The maximum atomic E-state index is 12.1. The third-order valence-corrected chi connectivity index (χ3v) is 7.08. The van der Waals surface area contributed by atoms with Crippen molar-refractivity contribution in [2.45, 2.75) is 155 Å². The van der Waals surface area contributed by atoms with E-state index in [9.17, 15) is 14.7 Å². The van der Waals surface area contributed by atoms with Crippen molar-refractivity contribution in [2.24, 2.45) is 0 Å². The molecule has 0 spiro atoms. The van der Waals surface area contributed by atoms with Crippen LogP contribution in [0.1, 0.15) is 149 Å². The summed E-state index contributed by atoms with van der Waals surface area (Å²) in [7, 11) is 0. The highest BCUT2D eigenvalue weighted by Crippen LogP contribution is 2.13. The summed E-state index contributed by atoms with van der Waals surface area (Å²) in [5, 5.41) is 9.50. The van der Waals surface area contributed by atoms with Crippen LogP contribution in [0, 0.1) is 0 Å². The maximum Gasteiger partial charge on any atom is 0.306 e. The van der Waals surface area contributed by atoms with E-state index in [4.69, 9.17) is 9.47 Å². The summed E-state index contributed by atoms with van der Waals surface area (Å²) >= 11 is 0. The van der Waals surface area contributed by atoms with Gasteiger partial charge in [0.15, 0.2) is 6.10 Å². The van der Waals surface area contributed by atoms with Crippen molar-refractivity contribution in [1.82, 2.24) is 0 Å². The Balaban J connectivity index is 3.71. The van der Waals surface area contributed by atoms with Crippen LogP contribution in [0.3, 0.4) is 0 Å². The molecule has 0 aliphatic heterocycles. The molecule has 246 valence electrons. The van der Waals surface area contributed by atoms with Crippen molar-refractivity contribution in [3.05, 3.63) is 60.8 Å². The summed E-state index contributed by atoms with van der Waals surface area (Å²) in [5.74, 6) is -0.664. The molecule has 0 heterocycles. The van der Waals surface area contributed by atoms with Gasteiger partial charge in [-0.05, 0) is 51.4 Å². The summed E-state index contributed by atoms with van der Waals surface area (Å²) in [6, 6.07) is 0. The van der Waals surface area contributed by atoms with Gasteiger partial charge in [0.1, 0.15) is 6.61 Å². The van der Waals surface area contributed by atoms with E-state index in [1.54, 1.807) is 0 Å². The molecule has 0 aliphatic carbocycles. The minimum Gasteiger partial charge on any atom is -0.462 e. The Morgan fingerprint density at radius 1 is 0.558 bits per heavy atom. The molecule has 0 rings (SSSR count). The van der Waals surface area contributed by atoms with Crippen LogP contribution in [0.25, 0.3) is 0 Å². The van der Waals surface area contributed by atoms with Crippen molar-refractivity contribution < 1.29 is 24.2 Å². The van der Waals surface area contributed by atoms with E-state index >= 15 is 0 Å². The number of aliphatic hydroxyl groups excluding tert-OH is 1. The van der Waals surface area contributed by atoms with E-state index in [-0.39, 0.29) is 31.6 Å². The summed E-state index contributed by atoms with van der Waals surface area (Å²) in [4.78, 5) is 24.1. The molecule has 0 aromatic rings. The highest BCUT2D eigenvalue weighted by atomic mass is 16.6. The van der Waals surface area contributed by atoms with Crippen molar-refractivity contribution in [1.29, 1.82) is 0 Å². The van der Waals surface area contributed by atoms with Crippen molar-refractivity contribution >= 4 is 11.9 Å². The lowest BCUT2D eigenvalue weighted by Crippen LogP contribution is -2.28. The zero-order valence-electron chi connectivity index (χ0n) is 27.7. The highest BCUT2D eigenvalue weighted by Gasteiger charge is 2.15. The number of allylic oxidation sites excluding steroid dienone is 10. The van der Waals surface area contributed by atoms with Crippen molar-refractivity contribution in [3.8, 4) is 0 Å². The number of ether oxygens (including phenoxy) is 2. The van der Waals surface area contributed by atoms with Gasteiger partial charge in [-0.2, -0.15) is 0 Å². The van der Waals surface area contributed by atoms with Gasteiger partial charge in [0.25, 0.3) is 0 Å². The second-order valence-corrected chi connectivity index (χ2v) is 11.2. The lowest BCUT2D eigenvalue weighted by molar-refractivity contribution is -0.161. The standard InChI is InChI=1S/C38H64O5/c1-3-5-7-9-11-13-15-17-18-19-20-21-23-25-27-29-31-33-38(41)43-36(34-39)35-42-37(40)32-30-28-26-24-22-16-14-12-10-8-6-4-2/h5,7,11,13,17-18,20-21,25,27,36,39H,3-4,6,8-10,12,14-16,19,22-24,26,28-35H2,1-2H3. The predicted octanol–water partition coefficient (Wildman–Crippen LogP) is 10.4.